The zero-order valence-corrected chi connectivity index (χ0v) is 18.3. The topological polar surface area (TPSA) is 114 Å². The van der Waals surface area contributed by atoms with Crippen molar-refractivity contribution in [2.24, 2.45) is 10.7 Å². The van der Waals surface area contributed by atoms with Crippen molar-refractivity contribution in [3.63, 3.8) is 0 Å². The average molecular weight is 399 g/mol. The molecule has 0 aromatic carbocycles. The van der Waals surface area contributed by atoms with Gasteiger partial charge in [-0.1, -0.05) is 6.42 Å². The van der Waals surface area contributed by atoms with Crippen LogP contribution in [0.3, 0.4) is 0 Å². The highest BCUT2D eigenvalue weighted by Crippen LogP contribution is 2.10. The van der Waals surface area contributed by atoms with Gasteiger partial charge >= 0.3 is 5.97 Å². The smallest absolute Gasteiger partial charge is 0.315 e. The molecule has 0 spiro atoms. The van der Waals surface area contributed by atoms with Crippen LogP contribution in [-0.4, -0.2) is 67.7 Å². The largest absolute Gasteiger partial charge is 0.460 e. The number of amides is 1. The number of esters is 1. The maximum absolute atomic E-state index is 12.6. The van der Waals surface area contributed by atoms with E-state index in [1.807, 2.05) is 19.0 Å². The number of ketones is 1. The summed E-state index contributed by atoms with van der Waals surface area (Å²) < 4.78 is 5.16. The Morgan fingerprint density at radius 3 is 2.29 bits per heavy atom. The number of hydrogen-bond acceptors (Lipinski definition) is 6. The number of aliphatic imine (C=N–C) groups is 1. The summed E-state index contributed by atoms with van der Waals surface area (Å²) in [5.74, 6) is -0.537. The lowest BCUT2D eigenvalue weighted by molar-refractivity contribution is -0.156. The summed E-state index contributed by atoms with van der Waals surface area (Å²) in [5.41, 5.74) is 5.03. The molecule has 0 aromatic rings. The number of carbonyl (C=O) groups excluding carboxylic acids is 3. The van der Waals surface area contributed by atoms with Gasteiger partial charge in [-0.15, -0.1) is 0 Å². The van der Waals surface area contributed by atoms with Crippen molar-refractivity contribution < 1.29 is 19.1 Å². The highest BCUT2D eigenvalue weighted by atomic mass is 16.6. The van der Waals surface area contributed by atoms with Crippen molar-refractivity contribution in [2.75, 3.05) is 27.7 Å². The SMILES string of the molecule is CN=C(N)CCCC[C@H](NC(=O)CC(=O)OC(C)(C)C)C(=O)CCCN(C)C. The molecule has 0 unspecified atom stereocenters. The van der Waals surface area contributed by atoms with Gasteiger partial charge in [-0.25, -0.2) is 0 Å². The van der Waals surface area contributed by atoms with E-state index in [9.17, 15) is 14.4 Å². The summed E-state index contributed by atoms with van der Waals surface area (Å²) in [7, 11) is 5.54. The summed E-state index contributed by atoms with van der Waals surface area (Å²) >= 11 is 0. The van der Waals surface area contributed by atoms with Crippen molar-refractivity contribution in [3.8, 4) is 0 Å². The molecule has 3 N–H and O–H groups in total. The lowest BCUT2D eigenvalue weighted by Gasteiger charge is -2.21. The molecule has 8 nitrogen and oxygen atoms in total. The highest BCUT2D eigenvalue weighted by molar-refractivity contribution is 5.97. The number of hydrogen-bond donors (Lipinski definition) is 2. The molecule has 0 saturated carbocycles. The Kier molecular flexibility index (Phi) is 12.3. The first-order valence-corrected chi connectivity index (χ1v) is 9.84. The van der Waals surface area contributed by atoms with Crippen molar-refractivity contribution in [1.82, 2.24) is 10.2 Å². The Labute approximate surface area is 169 Å². The van der Waals surface area contributed by atoms with Crippen LogP contribution in [0.4, 0.5) is 0 Å². The third-order valence-corrected chi connectivity index (χ3v) is 3.94. The Hall–Kier alpha value is -1.96. The number of unbranched alkanes of at least 4 members (excludes halogenated alkanes) is 1. The van der Waals surface area contributed by atoms with Crippen LogP contribution in [0.2, 0.25) is 0 Å². The molecule has 0 bridgehead atoms. The Bertz CT molecular complexity index is 539. The van der Waals surface area contributed by atoms with Crippen LogP contribution < -0.4 is 11.1 Å². The number of nitrogens with one attached hydrogen (secondary N) is 1. The zero-order valence-electron chi connectivity index (χ0n) is 18.3. The molecule has 8 heteroatoms. The third kappa shape index (κ3) is 14.1. The van der Waals surface area contributed by atoms with E-state index in [0.717, 1.165) is 25.8 Å². The first-order valence-electron chi connectivity index (χ1n) is 9.84. The van der Waals surface area contributed by atoms with Crippen molar-refractivity contribution in [2.45, 2.75) is 77.4 Å². The summed E-state index contributed by atoms with van der Waals surface area (Å²) in [6, 6.07) is -0.600. The van der Waals surface area contributed by atoms with Crippen LogP contribution in [0.25, 0.3) is 0 Å². The summed E-state index contributed by atoms with van der Waals surface area (Å²) in [6.45, 7) is 6.02. The van der Waals surface area contributed by atoms with Crippen molar-refractivity contribution in [3.05, 3.63) is 0 Å². The maximum atomic E-state index is 12.6. The normalized spacial score (nSPS) is 13.3. The molecule has 28 heavy (non-hydrogen) atoms. The molecule has 162 valence electrons. The summed E-state index contributed by atoms with van der Waals surface area (Å²) in [4.78, 5) is 42.5. The number of carbonyl (C=O) groups is 3. The van der Waals surface area contributed by atoms with Crippen molar-refractivity contribution >= 4 is 23.5 Å². The van der Waals surface area contributed by atoms with Crippen LogP contribution in [0, 0.1) is 0 Å². The molecule has 0 aliphatic heterocycles. The molecule has 1 atom stereocenters. The fourth-order valence-electron chi connectivity index (χ4n) is 2.58. The third-order valence-electron chi connectivity index (χ3n) is 3.94. The molecule has 0 heterocycles. The number of nitrogens with zero attached hydrogens (tertiary/aromatic N) is 2. The predicted molar refractivity (Wildman–Crippen MR) is 111 cm³/mol. The second kappa shape index (κ2) is 13.3. The van der Waals surface area contributed by atoms with Gasteiger partial charge < -0.3 is 20.7 Å². The number of Topliss-reactive ketones (excluding diaryl/α,β-unsaturated/α-hetero) is 1. The molecule has 0 aliphatic rings. The van der Waals surface area contributed by atoms with E-state index in [4.69, 9.17) is 10.5 Å². The second-order valence-electron chi connectivity index (χ2n) is 8.22. The van der Waals surface area contributed by atoms with Crippen LogP contribution in [0.1, 0.15) is 65.7 Å². The monoisotopic (exact) mass is 398 g/mol. The van der Waals surface area contributed by atoms with E-state index < -0.39 is 29.9 Å². The minimum atomic E-state index is -0.653. The molecule has 0 aliphatic carbocycles. The number of ether oxygens (including phenoxy) is 1. The highest BCUT2D eigenvalue weighted by Gasteiger charge is 2.23. The zero-order chi connectivity index (χ0) is 21.7. The standard InChI is InChI=1S/C20H38N4O4/c1-20(2,3)28-19(27)14-18(26)23-15(10-7-8-12-17(21)22-4)16(25)11-9-13-24(5)6/h15H,7-14H2,1-6H3,(H2,21,22)(H,23,26)/t15-/m0/s1. The van der Waals surface area contributed by atoms with Gasteiger partial charge in [0.25, 0.3) is 0 Å². The van der Waals surface area contributed by atoms with E-state index >= 15 is 0 Å². The minimum Gasteiger partial charge on any atom is -0.460 e. The Balaban J connectivity index is 4.70. The van der Waals surface area contributed by atoms with E-state index in [-0.39, 0.29) is 5.78 Å². The molecule has 1 amide bonds. The van der Waals surface area contributed by atoms with Gasteiger partial charge in [-0.3, -0.25) is 19.4 Å². The van der Waals surface area contributed by atoms with Gasteiger partial charge in [-0.2, -0.15) is 0 Å². The number of nitrogens with two attached hydrogens (primary N) is 1. The summed E-state index contributed by atoms with van der Waals surface area (Å²) in [6.07, 6.45) is 3.39. The van der Waals surface area contributed by atoms with Crippen molar-refractivity contribution in [1.29, 1.82) is 0 Å². The Morgan fingerprint density at radius 1 is 1.11 bits per heavy atom. The average Bonchev–Trinajstić information content (AvgIpc) is 2.54. The van der Waals surface area contributed by atoms with Crippen LogP contribution in [0.15, 0.2) is 4.99 Å². The molecule has 0 rings (SSSR count). The maximum Gasteiger partial charge on any atom is 0.315 e. The Morgan fingerprint density at radius 2 is 1.75 bits per heavy atom. The van der Waals surface area contributed by atoms with Gasteiger partial charge in [-0.05, 0) is 60.7 Å². The molecular weight excluding hydrogens is 360 g/mol. The lowest BCUT2D eigenvalue weighted by Crippen LogP contribution is -2.42. The summed E-state index contributed by atoms with van der Waals surface area (Å²) in [5, 5.41) is 2.71. The number of rotatable bonds is 13. The minimum absolute atomic E-state index is 0.0171. The van der Waals surface area contributed by atoms with E-state index in [1.54, 1.807) is 27.8 Å². The van der Waals surface area contributed by atoms with Gasteiger partial charge in [0.05, 0.1) is 11.9 Å². The van der Waals surface area contributed by atoms with E-state index in [0.29, 0.717) is 25.1 Å². The van der Waals surface area contributed by atoms with Crippen LogP contribution in [-0.2, 0) is 19.1 Å². The van der Waals surface area contributed by atoms with E-state index in [1.165, 1.54) is 0 Å². The quantitative estimate of drug-likeness (QED) is 0.160. The van der Waals surface area contributed by atoms with E-state index in [2.05, 4.69) is 10.3 Å². The predicted octanol–water partition coefficient (Wildman–Crippen LogP) is 1.66. The van der Waals surface area contributed by atoms with Gasteiger partial charge in [0.15, 0.2) is 5.78 Å². The van der Waals surface area contributed by atoms with Gasteiger partial charge in [0.2, 0.25) is 5.91 Å². The van der Waals surface area contributed by atoms with Gasteiger partial charge in [0, 0.05) is 19.9 Å². The first kappa shape index (κ1) is 26.0. The second-order valence-corrected chi connectivity index (χ2v) is 8.22. The molecule has 0 radical (unpaired) electrons. The van der Waals surface area contributed by atoms with Crippen LogP contribution in [0.5, 0.6) is 0 Å². The van der Waals surface area contributed by atoms with Crippen LogP contribution >= 0.6 is 0 Å². The van der Waals surface area contributed by atoms with Gasteiger partial charge in [0.1, 0.15) is 12.0 Å². The fourth-order valence-corrected chi connectivity index (χ4v) is 2.58. The fraction of sp³-hybridized carbons (Fsp3) is 0.800. The molecule has 0 saturated heterocycles. The molecule has 0 aromatic heterocycles. The lowest BCUT2D eigenvalue weighted by atomic mass is 10.0. The first-order chi connectivity index (χ1) is 12.9. The molecular formula is C20H38N4O4. The number of amidine groups is 1. The molecule has 0 fully saturated rings.